The molecular weight excluding hydrogens is 701 g/mol. The van der Waals surface area contributed by atoms with Gasteiger partial charge in [-0.05, 0) is 61.4 Å². The number of ether oxygens (including phenoxy) is 2. The highest BCUT2D eigenvalue weighted by molar-refractivity contribution is 7.20. The van der Waals surface area contributed by atoms with Crippen LogP contribution in [0.3, 0.4) is 0 Å². The number of β-amino-alcohol motifs (C(OH)–C–C–N with tert-alkyl or cyclic N) is 1. The first kappa shape index (κ1) is 39.8. The summed E-state index contributed by atoms with van der Waals surface area (Å²) in [6, 6.07) is 10.4. The van der Waals surface area contributed by atoms with Crippen LogP contribution in [-0.2, 0) is 20.7 Å². The minimum Gasteiger partial charge on any atom is -0.477 e. The Morgan fingerprint density at radius 1 is 1.17 bits per heavy atom. The maximum absolute atomic E-state index is 13.8. The number of esters is 1. The molecule has 0 bridgehead atoms. The Labute approximate surface area is 303 Å². The maximum atomic E-state index is 13.8. The number of anilines is 2. The summed E-state index contributed by atoms with van der Waals surface area (Å²) in [7, 11) is 1.14. The van der Waals surface area contributed by atoms with E-state index in [0.717, 1.165) is 38.7 Å². The number of benzene rings is 2. The number of alkyl halides is 3. The molecule has 1 aromatic heterocycles. The summed E-state index contributed by atoms with van der Waals surface area (Å²) in [6.07, 6.45) is -4.58. The van der Waals surface area contributed by atoms with Gasteiger partial charge < -0.3 is 41.2 Å². The van der Waals surface area contributed by atoms with Crippen molar-refractivity contribution in [2.24, 2.45) is 5.73 Å². The Hall–Kier alpha value is -5.03. The van der Waals surface area contributed by atoms with Crippen LogP contribution >= 0.6 is 11.3 Å². The van der Waals surface area contributed by atoms with Crippen LogP contribution in [0.5, 0.6) is 5.75 Å². The van der Waals surface area contributed by atoms with Gasteiger partial charge in [-0.2, -0.15) is 18.4 Å². The van der Waals surface area contributed by atoms with Crippen LogP contribution in [0, 0.1) is 23.2 Å². The first-order valence-corrected chi connectivity index (χ1v) is 17.4. The number of fused-ring (bicyclic) bond motifs is 1. The first-order chi connectivity index (χ1) is 24.8. The van der Waals surface area contributed by atoms with Gasteiger partial charge in [-0.1, -0.05) is 24.0 Å². The van der Waals surface area contributed by atoms with Gasteiger partial charge in [-0.3, -0.25) is 9.59 Å². The number of nitrogens with two attached hydrogens (primary N) is 1. The average molecular weight is 743 g/mol. The lowest BCUT2D eigenvalue weighted by Gasteiger charge is -2.33. The number of hydrogen-bond donors (Lipinski definition) is 5. The smallest absolute Gasteiger partial charge is 0.393 e. The summed E-state index contributed by atoms with van der Waals surface area (Å²) >= 11 is 1.20. The normalized spacial score (nSPS) is 14.7. The van der Waals surface area contributed by atoms with Crippen LogP contribution in [0.15, 0.2) is 36.4 Å². The largest absolute Gasteiger partial charge is 0.477 e. The van der Waals surface area contributed by atoms with Gasteiger partial charge in [0.2, 0.25) is 5.91 Å². The van der Waals surface area contributed by atoms with E-state index in [4.69, 9.17) is 20.5 Å². The fraction of sp³-hybridized carbons (Fsp3) is 0.444. The Bertz CT molecular complexity index is 1840. The van der Waals surface area contributed by atoms with E-state index in [-0.39, 0.29) is 48.9 Å². The predicted molar refractivity (Wildman–Crippen MR) is 191 cm³/mol. The fourth-order valence-corrected chi connectivity index (χ4v) is 7.01. The number of methoxy groups -OCH3 is 1. The van der Waals surface area contributed by atoms with Crippen LogP contribution in [0.1, 0.15) is 53.4 Å². The van der Waals surface area contributed by atoms with E-state index < -0.39 is 42.5 Å². The summed E-state index contributed by atoms with van der Waals surface area (Å²) in [6.45, 7) is 3.60. The van der Waals surface area contributed by atoms with E-state index in [0.29, 0.717) is 27.2 Å². The number of primary amides is 1. The number of nitrogens with zero attached hydrogens (tertiary/aromatic N) is 2. The summed E-state index contributed by atoms with van der Waals surface area (Å²) in [5, 5.41) is 28.3. The van der Waals surface area contributed by atoms with Crippen LogP contribution < -0.4 is 26.4 Å². The van der Waals surface area contributed by atoms with Crippen molar-refractivity contribution in [3.05, 3.63) is 52.4 Å². The van der Waals surface area contributed by atoms with Gasteiger partial charge >= 0.3 is 12.1 Å². The van der Waals surface area contributed by atoms with Crippen molar-refractivity contribution in [1.29, 1.82) is 5.26 Å². The third kappa shape index (κ3) is 11.5. The maximum Gasteiger partial charge on any atom is 0.393 e. The minimum absolute atomic E-state index is 0.0121. The molecule has 1 saturated heterocycles. The Morgan fingerprint density at radius 2 is 1.92 bits per heavy atom. The second-order valence-electron chi connectivity index (χ2n) is 12.3. The number of thiophene rings is 1. The molecule has 2 aromatic carbocycles. The van der Waals surface area contributed by atoms with Crippen molar-refractivity contribution in [3.63, 3.8) is 0 Å². The zero-order chi connectivity index (χ0) is 37.8. The standard InChI is InChI=1S/C36H41F3N6O6S/c1-22(46)21-45-16-12-24(13-17-45)43-28-6-3-5-25-26(20-36(37,38)39)31(52-33(25)28)7-4-15-42-27-9-8-23(19-30(27)51-18-14-40)34(48)44-29(35(49)50-2)10-11-32(41)47/h3,5-6,8-9,19,22,24,29,42-43,46H,10-13,15-18,20-21H2,1-2H3,(H2,41,47)(H,44,48). The number of aliphatic hydroxyl groups excluding tert-OH is 1. The molecule has 0 radical (unpaired) electrons. The predicted octanol–water partition coefficient (Wildman–Crippen LogP) is 4.17. The number of halogens is 3. The summed E-state index contributed by atoms with van der Waals surface area (Å²) in [5.41, 5.74) is 6.46. The number of carbonyl (C=O) groups is 3. The summed E-state index contributed by atoms with van der Waals surface area (Å²) < 4.78 is 52.2. The highest BCUT2D eigenvalue weighted by Gasteiger charge is 2.31. The number of aliphatic hydroxyl groups is 1. The average Bonchev–Trinajstić information content (AvgIpc) is 3.44. The number of nitrogens with one attached hydrogen (secondary N) is 3. The monoisotopic (exact) mass is 742 g/mol. The third-order valence-electron chi connectivity index (χ3n) is 8.24. The van der Waals surface area contributed by atoms with E-state index in [9.17, 15) is 32.7 Å². The molecule has 12 nitrogen and oxygen atoms in total. The molecule has 1 aliphatic heterocycles. The number of carbonyl (C=O) groups excluding carboxylic acids is 3. The molecule has 2 unspecified atom stereocenters. The third-order valence-corrected chi connectivity index (χ3v) is 9.44. The second-order valence-corrected chi connectivity index (χ2v) is 13.3. The number of likely N-dealkylation sites (tertiary alicyclic amines) is 1. The van der Waals surface area contributed by atoms with E-state index >= 15 is 0 Å². The van der Waals surface area contributed by atoms with E-state index in [2.05, 4.69) is 32.7 Å². The Kier molecular flexibility index (Phi) is 14.1. The van der Waals surface area contributed by atoms with Crippen molar-refractivity contribution in [2.45, 2.75) is 63.4 Å². The van der Waals surface area contributed by atoms with E-state index in [1.165, 1.54) is 29.5 Å². The molecule has 16 heteroatoms. The zero-order valence-corrected chi connectivity index (χ0v) is 29.6. The molecule has 6 N–H and O–H groups in total. The van der Waals surface area contributed by atoms with Gasteiger partial charge in [0.15, 0.2) is 6.61 Å². The molecule has 0 aliphatic carbocycles. The van der Waals surface area contributed by atoms with E-state index in [1.807, 2.05) is 12.1 Å². The molecule has 2 atom stereocenters. The van der Waals surface area contributed by atoms with Crippen LogP contribution in [0.25, 0.3) is 10.1 Å². The minimum atomic E-state index is -4.46. The molecule has 0 saturated carbocycles. The van der Waals surface area contributed by atoms with Crippen LogP contribution in [0.2, 0.25) is 0 Å². The molecule has 52 heavy (non-hydrogen) atoms. The topological polar surface area (TPSA) is 179 Å². The van der Waals surface area contributed by atoms with E-state index in [1.54, 1.807) is 19.1 Å². The Morgan fingerprint density at radius 3 is 2.58 bits per heavy atom. The molecule has 4 rings (SSSR count). The summed E-state index contributed by atoms with van der Waals surface area (Å²) in [4.78, 5) is 38.8. The number of hydrogen-bond acceptors (Lipinski definition) is 11. The first-order valence-electron chi connectivity index (χ1n) is 16.6. The van der Waals surface area contributed by atoms with Crippen molar-refractivity contribution >= 4 is 50.6 Å². The van der Waals surface area contributed by atoms with Crippen molar-refractivity contribution in [1.82, 2.24) is 10.2 Å². The Balaban J connectivity index is 1.52. The molecule has 1 aliphatic rings. The number of rotatable bonds is 15. The molecule has 2 heterocycles. The lowest BCUT2D eigenvalue weighted by atomic mass is 10.0. The fourth-order valence-electron chi connectivity index (χ4n) is 5.84. The summed E-state index contributed by atoms with van der Waals surface area (Å²) in [5.74, 6) is 3.84. The lowest BCUT2D eigenvalue weighted by Crippen LogP contribution is -2.42. The molecule has 0 spiro atoms. The second kappa shape index (κ2) is 18.5. The lowest BCUT2D eigenvalue weighted by molar-refractivity contribution is -0.143. The van der Waals surface area contributed by atoms with Crippen molar-refractivity contribution in [3.8, 4) is 23.7 Å². The van der Waals surface area contributed by atoms with Crippen LogP contribution in [0.4, 0.5) is 24.5 Å². The van der Waals surface area contributed by atoms with Gasteiger partial charge in [-0.25, -0.2) is 4.79 Å². The van der Waals surface area contributed by atoms with Gasteiger partial charge in [0.1, 0.15) is 17.9 Å². The molecular formula is C36H41F3N6O6S. The SMILES string of the molecule is COC(=O)C(CCC(N)=O)NC(=O)c1ccc(NCC#Cc2sc3c(NC4CCN(CC(C)O)CC4)cccc3c2CC(F)(F)F)c(OCC#N)c1. The van der Waals surface area contributed by atoms with Crippen LogP contribution in [-0.4, -0.2) is 92.0 Å². The van der Waals surface area contributed by atoms with Gasteiger partial charge in [-0.15, -0.1) is 11.3 Å². The van der Waals surface area contributed by atoms with Crippen molar-refractivity contribution in [2.75, 3.05) is 50.5 Å². The molecule has 2 amide bonds. The highest BCUT2D eigenvalue weighted by Crippen LogP contribution is 2.39. The zero-order valence-electron chi connectivity index (χ0n) is 28.8. The quantitative estimate of drug-likeness (QED) is 0.112. The van der Waals surface area contributed by atoms with Gasteiger partial charge in [0.05, 0.1) is 47.1 Å². The molecule has 278 valence electrons. The van der Waals surface area contributed by atoms with Gasteiger partial charge in [0.25, 0.3) is 5.91 Å². The highest BCUT2D eigenvalue weighted by atomic mass is 32.1. The number of piperidine rings is 1. The molecule has 1 fully saturated rings. The van der Waals surface area contributed by atoms with Gasteiger partial charge in [0, 0.05) is 37.7 Å². The number of amides is 2. The number of nitriles is 1. The van der Waals surface area contributed by atoms with Crippen molar-refractivity contribution < 1.29 is 42.1 Å². The molecule has 3 aromatic rings.